The number of hydrogen-bond donors (Lipinski definition) is 2. The van der Waals surface area contributed by atoms with Crippen molar-refractivity contribution >= 4 is 0 Å². The highest BCUT2D eigenvalue weighted by Crippen LogP contribution is 2.46. The Balaban J connectivity index is 3.09. The van der Waals surface area contributed by atoms with Crippen LogP contribution in [-0.2, 0) is 0 Å². The lowest BCUT2D eigenvalue weighted by Gasteiger charge is -2.38. The van der Waals surface area contributed by atoms with E-state index in [1.165, 1.54) is 5.57 Å². The zero-order valence-corrected chi connectivity index (χ0v) is 11.0. The smallest absolute Gasteiger partial charge is 0.0966 e. The third-order valence-corrected chi connectivity index (χ3v) is 4.01. The third kappa shape index (κ3) is 2.81. The van der Waals surface area contributed by atoms with E-state index in [0.717, 1.165) is 18.4 Å². The molecule has 1 aliphatic carbocycles. The van der Waals surface area contributed by atoms with Gasteiger partial charge in [0.1, 0.15) is 0 Å². The fourth-order valence-electron chi connectivity index (χ4n) is 2.74. The Bertz CT molecular complexity index is 333. The molecule has 0 spiro atoms. The first-order chi connectivity index (χ1) is 8.13. The van der Waals surface area contributed by atoms with Gasteiger partial charge in [0.2, 0.25) is 0 Å². The van der Waals surface area contributed by atoms with E-state index in [1.54, 1.807) is 0 Å². The van der Waals surface area contributed by atoms with Gasteiger partial charge in [0.15, 0.2) is 0 Å². The Morgan fingerprint density at radius 1 is 1.41 bits per heavy atom. The van der Waals surface area contributed by atoms with E-state index in [1.807, 2.05) is 6.08 Å². The van der Waals surface area contributed by atoms with Crippen molar-refractivity contribution in [3.63, 3.8) is 0 Å². The van der Waals surface area contributed by atoms with E-state index < -0.39 is 0 Å². The monoisotopic (exact) mass is 236 g/mol. The average Bonchev–Trinajstić information content (AvgIpc) is 2.34. The molecule has 0 radical (unpaired) electrons. The molecule has 1 aliphatic rings. The average molecular weight is 236 g/mol. The number of aliphatic hydroxyl groups excluding tert-OH is 2. The van der Waals surface area contributed by atoms with E-state index >= 15 is 0 Å². The molecule has 0 aromatic rings. The quantitative estimate of drug-likeness (QED) is 0.687. The largest absolute Gasteiger partial charge is 0.512 e. The lowest BCUT2D eigenvalue weighted by Crippen LogP contribution is -2.26. The van der Waals surface area contributed by atoms with Crippen LogP contribution in [-0.4, -0.2) is 16.8 Å². The minimum atomic E-state index is 0.0392. The molecule has 0 fully saturated rings. The SMILES string of the molecule is C=CCC1=C(O)CC(CC)(CC)C(CCO)=C1. The molecule has 0 amide bonds. The van der Waals surface area contributed by atoms with Crippen LogP contribution in [0.4, 0.5) is 0 Å². The predicted octanol–water partition coefficient (Wildman–Crippen LogP) is 3.89. The van der Waals surface area contributed by atoms with Gasteiger partial charge < -0.3 is 10.2 Å². The van der Waals surface area contributed by atoms with Gasteiger partial charge >= 0.3 is 0 Å². The summed E-state index contributed by atoms with van der Waals surface area (Å²) in [7, 11) is 0. The molecular formula is C15H24O2. The van der Waals surface area contributed by atoms with Gasteiger partial charge in [-0.15, -0.1) is 6.58 Å². The van der Waals surface area contributed by atoms with Crippen molar-refractivity contribution in [2.45, 2.75) is 46.0 Å². The second-order valence-electron chi connectivity index (χ2n) is 4.77. The zero-order valence-electron chi connectivity index (χ0n) is 11.0. The maximum atomic E-state index is 10.1. The Hall–Kier alpha value is -1.02. The van der Waals surface area contributed by atoms with Crippen molar-refractivity contribution in [3.05, 3.63) is 35.6 Å². The summed E-state index contributed by atoms with van der Waals surface area (Å²) in [5, 5.41) is 19.3. The molecule has 2 N–H and O–H groups in total. The molecule has 0 aromatic heterocycles. The topological polar surface area (TPSA) is 40.5 Å². The first-order valence-corrected chi connectivity index (χ1v) is 6.47. The van der Waals surface area contributed by atoms with Gasteiger partial charge in [-0.1, -0.05) is 31.6 Å². The normalized spacial score (nSPS) is 19.1. The van der Waals surface area contributed by atoms with Gasteiger partial charge in [0, 0.05) is 13.0 Å². The lowest BCUT2D eigenvalue weighted by molar-refractivity contribution is 0.228. The van der Waals surface area contributed by atoms with Crippen LogP contribution >= 0.6 is 0 Å². The molecule has 2 heteroatoms. The predicted molar refractivity (Wildman–Crippen MR) is 71.9 cm³/mol. The standard InChI is InChI=1S/C15H24O2/c1-4-7-12-10-13(8-9-16)15(5-2,6-3)11-14(12)17/h4,10,16-17H,1,5-9,11H2,2-3H3. The van der Waals surface area contributed by atoms with E-state index in [0.29, 0.717) is 25.0 Å². The summed E-state index contributed by atoms with van der Waals surface area (Å²) >= 11 is 0. The van der Waals surface area contributed by atoms with Crippen LogP contribution in [0, 0.1) is 5.41 Å². The molecule has 17 heavy (non-hydrogen) atoms. The number of allylic oxidation sites excluding steroid dienone is 4. The fourth-order valence-corrected chi connectivity index (χ4v) is 2.74. The summed E-state index contributed by atoms with van der Waals surface area (Å²) in [6.07, 6.45) is 7.99. The Kier molecular flexibility index (Phi) is 5.01. The first-order valence-electron chi connectivity index (χ1n) is 6.47. The van der Waals surface area contributed by atoms with E-state index in [9.17, 15) is 10.2 Å². The number of rotatable bonds is 6. The molecule has 0 aromatic carbocycles. The van der Waals surface area contributed by atoms with Gasteiger partial charge in [0.25, 0.3) is 0 Å². The summed E-state index contributed by atoms with van der Waals surface area (Å²) in [5.74, 6) is 0.496. The molecule has 0 bridgehead atoms. The minimum absolute atomic E-state index is 0.0392. The van der Waals surface area contributed by atoms with Gasteiger partial charge in [-0.05, 0) is 36.7 Å². The van der Waals surface area contributed by atoms with E-state index in [-0.39, 0.29) is 12.0 Å². The van der Waals surface area contributed by atoms with Crippen LogP contribution in [0.25, 0.3) is 0 Å². The first kappa shape index (κ1) is 14.0. The molecule has 1 rings (SSSR count). The van der Waals surface area contributed by atoms with Crippen LogP contribution in [0.3, 0.4) is 0 Å². The summed E-state index contributed by atoms with van der Waals surface area (Å²) in [5.41, 5.74) is 2.28. The van der Waals surface area contributed by atoms with Gasteiger partial charge in [0.05, 0.1) is 5.76 Å². The molecule has 0 atom stereocenters. The highest BCUT2D eigenvalue weighted by molar-refractivity contribution is 5.37. The summed E-state index contributed by atoms with van der Waals surface area (Å²) < 4.78 is 0. The summed E-state index contributed by atoms with van der Waals surface area (Å²) in [4.78, 5) is 0. The molecule has 0 saturated heterocycles. The van der Waals surface area contributed by atoms with Crippen molar-refractivity contribution < 1.29 is 10.2 Å². The van der Waals surface area contributed by atoms with Crippen molar-refractivity contribution in [3.8, 4) is 0 Å². The van der Waals surface area contributed by atoms with Crippen LogP contribution in [0.5, 0.6) is 0 Å². The summed E-state index contributed by atoms with van der Waals surface area (Å²) in [6.45, 7) is 8.20. The van der Waals surface area contributed by atoms with E-state index in [4.69, 9.17) is 0 Å². The van der Waals surface area contributed by atoms with Crippen LogP contribution in [0.2, 0.25) is 0 Å². The Labute approximate surface area is 104 Å². The maximum absolute atomic E-state index is 10.1. The van der Waals surface area contributed by atoms with Gasteiger partial charge in [-0.2, -0.15) is 0 Å². The molecule has 96 valence electrons. The molecule has 2 nitrogen and oxygen atoms in total. The third-order valence-electron chi connectivity index (χ3n) is 4.01. The molecule has 0 heterocycles. The Morgan fingerprint density at radius 3 is 2.53 bits per heavy atom. The highest BCUT2D eigenvalue weighted by Gasteiger charge is 2.34. The van der Waals surface area contributed by atoms with Gasteiger partial charge in [-0.3, -0.25) is 0 Å². The zero-order chi connectivity index (χ0) is 12.9. The number of aliphatic hydroxyl groups is 2. The molecule has 0 aliphatic heterocycles. The summed E-state index contributed by atoms with van der Waals surface area (Å²) in [6, 6.07) is 0. The van der Waals surface area contributed by atoms with Crippen LogP contribution in [0.1, 0.15) is 46.0 Å². The minimum Gasteiger partial charge on any atom is -0.512 e. The fraction of sp³-hybridized carbons (Fsp3) is 0.600. The highest BCUT2D eigenvalue weighted by atomic mass is 16.3. The maximum Gasteiger partial charge on any atom is 0.0966 e. The Morgan fingerprint density at radius 2 is 2.06 bits per heavy atom. The second kappa shape index (κ2) is 6.06. The molecule has 0 unspecified atom stereocenters. The second-order valence-corrected chi connectivity index (χ2v) is 4.77. The molecular weight excluding hydrogens is 212 g/mol. The molecule has 0 saturated carbocycles. The van der Waals surface area contributed by atoms with Crippen molar-refractivity contribution in [1.29, 1.82) is 0 Å². The van der Waals surface area contributed by atoms with Crippen molar-refractivity contribution in [1.82, 2.24) is 0 Å². The van der Waals surface area contributed by atoms with Gasteiger partial charge in [-0.25, -0.2) is 0 Å². The van der Waals surface area contributed by atoms with E-state index in [2.05, 4.69) is 26.5 Å². The lowest BCUT2D eigenvalue weighted by atomic mass is 9.68. The van der Waals surface area contributed by atoms with Crippen molar-refractivity contribution in [2.24, 2.45) is 5.41 Å². The number of hydrogen-bond acceptors (Lipinski definition) is 2. The van der Waals surface area contributed by atoms with Crippen molar-refractivity contribution in [2.75, 3.05) is 6.61 Å². The van der Waals surface area contributed by atoms with Crippen LogP contribution in [0.15, 0.2) is 35.6 Å². The van der Waals surface area contributed by atoms with Crippen LogP contribution < -0.4 is 0 Å².